The Bertz CT molecular complexity index is 1100. The lowest BCUT2D eigenvalue weighted by Crippen LogP contribution is -2.48. The largest absolute Gasteiger partial charge is 0.377 e. The molecule has 4 rings (SSSR count). The van der Waals surface area contributed by atoms with Gasteiger partial charge in [0.2, 0.25) is 0 Å². The van der Waals surface area contributed by atoms with Crippen LogP contribution in [0.3, 0.4) is 0 Å². The Morgan fingerprint density at radius 3 is 2.50 bits per heavy atom. The predicted molar refractivity (Wildman–Crippen MR) is 104 cm³/mol. The van der Waals surface area contributed by atoms with E-state index in [0.29, 0.717) is 13.2 Å². The van der Waals surface area contributed by atoms with Crippen LogP contribution in [0.5, 0.6) is 0 Å². The highest BCUT2D eigenvalue weighted by Gasteiger charge is 2.23. The van der Waals surface area contributed by atoms with Crippen molar-refractivity contribution in [3.63, 3.8) is 0 Å². The lowest BCUT2D eigenvalue weighted by molar-refractivity contribution is -0.00344. The lowest BCUT2D eigenvalue weighted by Gasteiger charge is -2.27. The third-order valence-electron chi connectivity index (χ3n) is 4.53. The van der Waals surface area contributed by atoms with E-state index in [-0.39, 0.29) is 40.0 Å². The summed E-state index contributed by atoms with van der Waals surface area (Å²) in [5.41, 5.74) is 0.252. The van der Waals surface area contributed by atoms with Crippen LogP contribution in [0.4, 0.5) is 14.5 Å². The number of hydrogen-bond donors (Lipinski definition) is 2. The monoisotopic (exact) mass is 410 g/mol. The Labute approximate surface area is 170 Å². The highest BCUT2D eigenvalue weighted by molar-refractivity contribution is 6.08. The summed E-state index contributed by atoms with van der Waals surface area (Å²) in [6.45, 7) is 0.865. The molecule has 0 atom stereocenters. The molecule has 0 bridgehead atoms. The van der Waals surface area contributed by atoms with Crippen LogP contribution < -0.4 is 10.6 Å². The van der Waals surface area contributed by atoms with Crippen molar-refractivity contribution in [3.05, 3.63) is 77.9 Å². The molecule has 9 heteroatoms. The van der Waals surface area contributed by atoms with Crippen LogP contribution in [-0.4, -0.2) is 41.0 Å². The van der Waals surface area contributed by atoms with Crippen LogP contribution in [0.25, 0.3) is 11.1 Å². The van der Waals surface area contributed by atoms with Crippen LogP contribution in [0, 0.1) is 11.6 Å². The van der Waals surface area contributed by atoms with Crippen LogP contribution >= 0.6 is 0 Å². The molecule has 1 fully saturated rings. The quantitative estimate of drug-likeness (QED) is 0.675. The molecule has 30 heavy (non-hydrogen) atoms. The average Bonchev–Trinajstić information content (AvgIpc) is 2.71. The molecule has 0 unspecified atom stereocenters. The fourth-order valence-electron chi connectivity index (χ4n) is 2.94. The summed E-state index contributed by atoms with van der Waals surface area (Å²) >= 11 is 0. The second-order valence-electron chi connectivity index (χ2n) is 6.61. The van der Waals surface area contributed by atoms with Gasteiger partial charge >= 0.3 is 0 Å². The van der Waals surface area contributed by atoms with Gasteiger partial charge in [-0.2, -0.15) is 0 Å². The van der Waals surface area contributed by atoms with Gasteiger partial charge in [0.1, 0.15) is 17.3 Å². The Hall–Kier alpha value is -3.72. The summed E-state index contributed by atoms with van der Waals surface area (Å²) in [5, 5.41) is 5.37. The average molecular weight is 410 g/mol. The summed E-state index contributed by atoms with van der Waals surface area (Å²) in [6, 6.07) is 7.60. The van der Waals surface area contributed by atoms with E-state index in [0.717, 1.165) is 12.1 Å². The highest BCUT2D eigenvalue weighted by Crippen LogP contribution is 2.26. The molecule has 2 amide bonds. The van der Waals surface area contributed by atoms with E-state index in [4.69, 9.17) is 4.74 Å². The van der Waals surface area contributed by atoms with Crippen molar-refractivity contribution in [2.24, 2.45) is 0 Å². The van der Waals surface area contributed by atoms with Crippen LogP contribution in [0.2, 0.25) is 0 Å². The Morgan fingerprint density at radius 1 is 1.03 bits per heavy atom. The third-order valence-corrected chi connectivity index (χ3v) is 4.53. The van der Waals surface area contributed by atoms with Crippen molar-refractivity contribution in [2.45, 2.75) is 6.04 Å². The Balaban J connectivity index is 1.57. The van der Waals surface area contributed by atoms with E-state index >= 15 is 0 Å². The van der Waals surface area contributed by atoms with Crippen molar-refractivity contribution >= 4 is 17.5 Å². The molecule has 152 valence electrons. The Morgan fingerprint density at radius 2 is 1.80 bits per heavy atom. The molecular formula is C21H16F2N4O3. The molecule has 1 aromatic carbocycles. The highest BCUT2D eigenvalue weighted by atomic mass is 19.1. The maximum atomic E-state index is 14.1. The number of pyridine rings is 2. The van der Waals surface area contributed by atoms with Crippen molar-refractivity contribution in [1.82, 2.24) is 15.3 Å². The zero-order chi connectivity index (χ0) is 21.1. The molecule has 0 spiro atoms. The van der Waals surface area contributed by atoms with Gasteiger partial charge in [0.15, 0.2) is 0 Å². The van der Waals surface area contributed by atoms with Gasteiger partial charge in [-0.3, -0.25) is 19.6 Å². The fourth-order valence-corrected chi connectivity index (χ4v) is 2.94. The summed E-state index contributed by atoms with van der Waals surface area (Å²) in [7, 11) is 0. The standard InChI is InChI=1S/C21H16F2N4O3/c22-15-2-1-3-16(23)19(15)12-4-7-25-17(8-12)21(29)27-18-9-24-6-5-14(18)20(28)26-13-10-30-11-13/h1-9,13H,10-11H2,(H,26,28)(H,27,29). The fraction of sp³-hybridized carbons (Fsp3) is 0.143. The molecule has 1 aliphatic heterocycles. The minimum atomic E-state index is -0.751. The van der Waals surface area contributed by atoms with Gasteiger partial charge in [0.25, 0.3) is 11.8 Å². The molecule has 1 saturated heterocycles. The number of aromatic nitrogens is 2. The van der Waals surface area contributed by atoms with Gasteiger partial charge < -0.3 is 15.4 Å². The first-order chi connectivity index (χ1) is 14.5. The number of nitrogens with zero attached hydrogens (tertiary/aromatic N) is 2. The number of carbonyl (C=O) groups excluding carboxylic acids is 2. The minimum absolute atomic E-state index is 0.0715. The smallest absolute Gasteiger partial charge is 0.274 e. The molecule has 2 aromatic heterocycles. The number of hydrogen-bond acceptors (Lipinski definition) is 5. The third kappa shape index (κ3) is 4.01. The minimum Gasteiger partial charge on any atom is -0.377 e. The maximum absolute atomic E-state index is 14.1. The van der Waals surface area contributed by atoms with E-state index in [1.807, 2.05) is 0 Å². The first kappa shape index (κ1) is 19.6. The van der Waals surface area contributed by atoms with Gasteiger partial charge in [-0.15, -0.1) is 0 Å². The maximum Gasteiger partial charge on any atom is 0.274 e. The molecule has 2 N–H and O–H groups in total. The summed E-state index contributed by atoms with van der Waals surface area (Å²) < 4.78 is 33.2. The lowest BCUT2D eigenvalue weighted by atomic mass is 10.0. The van der Waals surface area contributed by atoms with Crippen molar-refractivity contribution in [1.29, 1.82) is 0 Å². The van der Waals surface area contributed by atoms with Gasteiger partial charge in [0.05, 0.1) is 42.3 Å². The van der Waals surface area contributed by atoms with E-state index in [1.54, 1.807) is 0 Å². The van der Waals surface area contributed by atoms with Crippen LogP contribution in [0.1, 0.15) is 20.8 Å². The number of benzene rings is 1. The summed E-state index contributed by atoms with van der Waals surface area (Å²) in [6.07, 6.45) is 4.05. The number of carbonyl (C=O) groups is 2. The number of anilines is 1. The van der Waals surface area contributed by atoms with E-state index < -0.39 is 17.5 Å². The van der Waals surface area contributed by atoms with E-state index in [2.05, 4.69) is 20.6 Å². The molecule has 0 aliphatic carbocycles. The normalized spacial score (nSPS) is 13.4. The molecular weight excluding hydrogens is 394 g/mol. The topological polar surface area (TPSA) is 93.2 Å². The van der Waals surface area contributed by atoms with Crippen LogP contribution in [0.15, 0.2) is 55.0 Å². The van der Waals surface area contributed by atoms with Crippen molar-refractivity contribution < 1.29 is 23.1 Å². The summed E-state index contributed by atoms with van der Waals surface area (Å²) in [5.74, 6) is -2.53. The number of amides is 2. The molecule has 7 nitrogen and oxygen atoms in total. The zero-order valence-corrected chi connectivity index (χ0v) is 15.6. The SMILES string of the molecule is O=C(Nc1cnccc1C(=O)NC1COC1)c1cc(-c2c(F)cccc2F)ccn1. The molecule has 3 heterocycles. The van der Waals surface area contributed by atoms with E-state index in [1.165, 1.54) is 42.9 Å². The number of halogens is 2. The second kappa shape index (κ2) is 8.34. The molecule has 3 aromatic rings. The van der Waals surface area contributed by atoms with Crippen LogP contribution in [-0.2, 0) is 4.74 Å². The number of nitrogens with one attached hydrogen (secondary N) is 2. The molecule has 0 radical (unpaired) electrons. The first-order valence-corrected chi connectivity index (χ1v) is 9.07. The van der Waals surface area contributed by atoms with Crippen molar-refractivity contribution in [2.75, 3.05) is 18.5 Å². The summed E-state index contributed by atoms with van der Waals surface area (Å²) in [4.78, 5) is 33.1. The molecule has 1 aliphatic rings. The number of ether oxygens (including phenoxy) is 1. The van der Waals surface area contributed by atoms with Crippen molar-refractivity contribution in [3.8, 4) is 11.1 Å². The van der Waals surface area contributed by atoms with Gasteiger partial charge in [0, 0.05) is 12.4 Å². The number of rotatable bonds is 5. The predicted octanol–water partition coefficient (Wildman–Crippen LogP) is 2.80. The molecule has 0 saturated carbocycles. The van der Waals surface area contributed by atoms with Gasteiger partial charge in [-0.25, -0.2) is 8.78 Å². The Kier molecular flexibility index (Phi) is 5.44. The zero-order valence-electron chi connectivity index (χ0n) is 15.6. The van der Waals surface area contributed by atoms with E-state index in [9.17, 15) is 18.4 Å². The van der Waals surface area contributed by atoms with Gasteiger partial charge in [-0.05, 0) is 35.9 Å². The van der Waals surface area contributed by atoms with Gasteiger partial charge in [-0.1, -0.05) is 6.07 Å². The first-order valence-electron chi connectivity index (χ1n) is 9.07. The second-order valence-corrected chi connectivity index (χ2v) is 6.61.